The van der Waals surface area contributed by atoms with E-state index in [0.717, 1.165) is 17.7 Å². The minimum atomic E-state index is -1.00. The Morgan fingerprint density at radius 1 is 1.13 bits per heavy atom. The maximum atomic E-state index is 12.5. The molecule has 0 bridgehead atoms. The summed E-state index contributed by atoms with van der Waals surface area (Å²) in [6.07, 6.45) is 4.49. The van der Waals surface area contributed by atoms with Gasteiger partial charge in [-0.05, 0) is 54.6 Å². The van der Waals surface area contributed by atoms with Crippen molar-refractivity contribution in [2.45, 2.75) is 25.7 Å². The number of thiocarbonyl (C=S) groups is 1. The van der Waals surface area contributed by atoms with Gasteiger partial charge in [0, 0.05) is 23.5 Å². The first-order valence-corrected chi connectivity index (χ1v) is 11.5. The maximum absolute atomic E-state index is 12.5. The molecule has 30 heavy (non-hydrogen) atoms. The third kappa shape index (κ3) is 6.01. The monoisotopic (exact) mass is 460 g/mol. The third-order valence-corrected chi connectivity index (χ3v) is 6.59. The molecule has 2 N–H and O–H groups in total. The SMILES string of the molecule is O=C(CCCCCN1C(=O)C(=Cc2cccs2)SC1=S)Nc1ccc(C(=O)O)cc1. The fraction of sp³-hybridized carbons (Fsp3) is 0.238. The van der Waals surface area contributed by atoms with Gasteiger partial charge in [0.15, 0.2) is 0 Å². The van der Waals surface area contributed by atoms with Crippen molar-refractivity contribution in [3.63, 3.8) is 0 Å². The fourth-order valence-electron chi connectivity index (χ4n) is 2.85. The number of hydrogen-bond acceptors (Lipinski definition) is 6. The lowest BCUT2D eigenvalue weighted by molar-refractivity contribution is -0.122. The van der Waals surface area contributed by atoms with Crippen LogP contribution in [0, 0.1) is 0 Å². The summed E-state index contributed by atoms with van der Waals surface area (Å²) >= 11 is 8.24. The molecule has 2 heterocycles. The number of carbonyl (C=O) groups excluding carboxylic acids is 2. The molecular formula is C21H20N2O4S3. The quantitative estimate of drug-likeness (QED) is 0.316. The zero-order valence-corrected chi connectivity index (χ0v) is 18.4. The average molecular weight is 461 g/mol. The number of benzene rings is 1. The normalized spacial score (nSPS) is 15.1. The van der Waals surface area contributed by atoms with E-state index in [-0.39, 0.29) is 17.4 Å². The lowest BCUT2D eigenvalue weighted by atomic mass is 10.1. The molecule has 1 aromatic heterocycles. The first kappa shape index (κ1) is 22.2. The number of thioether (sulfide) groups is 1. The number of amides is 2. The summed E-state index contributed by atoms with van der Waals surface area (Å²) in [5, 5.41) is 13.6. The first-order chi connectivity index (χ1) is 14.4. The van der Waals surface area contributed by atoms with Crippen molar-refractivity contribution in [2.75, 3.05) is 11.9 Å². The van der Waals surface area contributed by atoms with Crippen molar-refractivity contribution >= 4 is 69.2 Å². The van der Waals surface area contributed by atoms with Crippen LogP contribution in [0.3, 0.4) is 0 Å². The van der Waals surface area contributed by atoms with Gasteiger partial charge in [-0.25, -0.2) is 4.79 Å². The zero-order chi connectivity index (χ0) is 21.5. The molecule has 1 aromatic carbocycles. The van der Waals surface area contributed by atoms with E-state index in [1.54, 1.807) is 28.4 Å². The Labute approximate surface area is 188 Å². The largest absolute Gasteiger partial charge is 0.478 e. The van der Waals surface area contributed by atoms with Crippen LogP contribution in [-0.2, 0) is 9.59 Å². The minimum absolute atomic E-state index is 0.0547. The molecule has 0 saturated carbocycles. The van der Waals surface area contributed by atoms with Gasteiger partial charge in [-0.2, -0.15) is 0 Å². The molecule has 1 saturated heterocycles. The summed E-state index contributed by atoms with van der Waals surface area (Å²) in [7, 11) is 0. The van der Waals surface area contributed by atoms with E-state index >= 15 is 0 Å². The van der Waals surface area contributed by atoms with Gasteiger partial charge in [-0.1, -0.05) is 36.5 Å². The lowest BCUT2D eigenvalue weighted by Crippen LogP contribution is -2.29. The van der Waals surface area contributed by atoms with Crippen LogP contribution < -0.4 is 5.32 Å². The molecule has 9 heteroatoms. The fourth-order valence-corrected chi connectivity index (χ4v) is 4.88. The van der Waals surface area contributed by atoms with Crippen molar-refractivity contribution in [2.24, 2.45) is 0 Å². The van der Waals surface area contributed by atoms with Gasteiger partial charge < -0.3 is 10.4 Å². The molecular weight excluding hydrogens is 440 g/mol. The molecule has 0 unspecified atom stereocenters. The molecule has 2 amide bonds. The maximum Gasteiger partial charge on any atom is 0.335 e. The van der Waals surface area contributed by atoms with Crippen LogP contribution in [0.4, 0.5) is 5.69 Å². The molecule has 1 aliphatic rings. The van der Waals surface area contributed by atoms with Crippen molar-refractivity contribution in [3.05, 3.63) is 57.1 Å². The van der Waals surface area contributed by atoms with Gasteiger partial charge in [0.25, 0.3) is 5.91 Å². The summed E-state index contributed by atoms with van der Waals surface area (Å²) in [5.41, 5.74) is 0.744. The van der Waals surface area contributed by atoms with E-state index in [1.807, 2.05) is 23.6 Å². The van der Waals surface area contributed by atoms with Crippen LogP contribution in [0.5, 0.6) is 0 Å². The highest BCUT2D eigenvalue weighted by Gasteiger charge is 2.31. The van der Waals surface area contributed by atoms with Gasteiger partial charge in [0.05, 0.1) is 10.5 Å². The van der Waals surface area contributed by atoms with Crippen LogP contribution in [0.2, 0.25) is 0 Å². The van der Waals surface area contributed by atoms with Gasteiger partial charge in [0.1, 0.15) is 4.32 Å². The summed E-state index contributed by atoms with van der Waals surface area (Å²) in [6, 6.07) is 9.95. The Bertz CT molecular complexity index is 969. The molecule has 3 rings (SSSR count). The minimum Gasteiger partial charge on any atom is -0.478 e. The summed E-state index contributed by atoms with van der Waals surface area (Å²) < 4.78 is 0.574. The zero-order valence-electron chi connectivity index (χ0n) is 16.0. The number of anilines is 1. The van der Waals surface area contributed by atoms with Crippen LogP contribution in [-0.4, -0.2) is 38.7 Å². The molecule has 1 aliphatic heterocycles. The smallest absolute Gasteiger partial charge is 0.335 e. The number of carboxylic acids is 1. The highest BCUT2D eigenvalue weighted by Crippen LogP contribution is 2.33. The van der Waals surface area contributed by atoms with Crippen LogP contribution >= 0.6 is 35.3 Å². The van der Waals surface area contributed by atoms with Gasteiger partial charge in [-0.3, -0.25) is 14.5 Å². The molecule has 2 aromatic rings. The summed E-state index contributed by atoms with van der Waals surface area (Å²) in [5.74, 6) is -1.18. The van der Waals surface area contributed by atoms with Gasteiger partial charge >= 0.3 is 5.97 Å². The van der Waals surface area contributed by atoms with Crippen LogP contribution in [0.1, 0.15) is 40.9 Å². The number of unbranched alkanes of at least 4 members (excludes halogenated alkanes) is 2. The van der Waals surface area contributed by atoms with Gasteiger partial charge in [-0.15, -0.1) is 11.3 Å². The van der Waals surface area contributed by atoms with Crippen molar-refractivity contribution in [1.82, 2.24) is 4.90 Å². The Morgan fingerprint density at radius 2 is 1.90 bits per heavy atom. The predicted octanol–water partition coefficient (Wildman–Crippen LogP) is 4.85. The summed E-state index contributed by atoms with van der Waals surface area (Å²) in [6.45, 7) is 0.546. The van der Waals surface area contributed by atoms with Crippen molar-refractivity contribution in [3.8, 4) is 0 Å². The Morgan fingerprint density at radius 3 is 2.57 bits per heavy atom. The third-order valence-electron chi connectivity index (χ3n) is 4.39. The standard InChI is InChI=1S/C21H20N2O4S3/c24-18(22-15-9-7-14(8-10-15)20(26)27)6-2-1-3-11-23-19(25)17(30-21(23)28)13-16-5-4-12-29-16/h4-5,7-10,12-13H,1-3,6,11H2,(H,22,24)(H,26,27). The number of aromatic carboxylic acids is 1. The van der Waals surface area contributed by atoms with E-state index in [0.29, 0.717) is 34.3 Å². The number of thiophene rings is 1. The van der Waals surface area contributed by atoms with E-state index in [2.05, 4.69) is 5.32 Å². The second-order valence-electron chi connectivity index (χ2n) is 6.59. The van der Waals surface area contributed by atoms with Gasteiger partial charge in [0.2, 0.25) is 5.91 Å². The van der Waals surface area contributed by atoms with E-state index in [9.17, 15) is 14.4 Å². The van der Waals surface area contributed by atoms with E-state index in [4.69, 9.17) is 17.3 Å². The van der Waals surface area contributed by atoms with Crippen LogP contribution in [0.15, 0.2) is 46.7 Å². The Kier molecular flexibility index (Phi) is 7.78. The average Bonchev–Trinajstić information content (AvgIpc) is 3.31. The number of carboxylic acid groups (broad SMARTS) is 1. The molecule has 0 spiro atoms. The number of carbonyl (C=O) groups is 3. The second-order valence-corrected chi connectivity index (χ2v) is 9.25. The second kappa shape index (κ2) is 10.5. The topological polar surface area (TPSA) is 86.7 Å². The number of rotatable bonds is 9. The molecule has 0 aliphatic carbocycles. The predicted molar refractivity (Wildman–Crippen MR) is 125 cm³/mol. The Balaban J connectivity index is 1.37. The van der Waals surface area contributed by atoms with E-state index < -0.39 is 5.97 Å². The number of hydrogen-bond donors (Lipinski definition) is 2. The molecule has 6 nitrogen and oxygen atoms in total. The lowest BCUT2D eigenvalue weighted by Gasteiger charge is -2.14. The van der Waals surface area contributed by atoms with E-state index in [1.165, 1.54) is 23.9 Å². The highest BCUT2D eigenvalue weighted by molar-refractivity contribution is 8.26. The first-order valence-electron chi connectivity index (χ1n) is 9.36. The Hall–Kier alpha value is -2.49. The number of nitrogens with one attached hydrogen (secondary N) is 1. The molecule has 0 radical (unpaired) electrons. The summed E-state index contributed by atoms with van der Waals surface area (Å²) in [4.78, 5) is 38.7. The van der Waals surface area contributed by atoms with Crippen LogP contribution in [0.25, 0.3) is 6.08 Å². The molecule has 0 atom stereocenters. The molecule has 156 valence electrons. The van der Waals surface area contributed by atoms with Crippen molar-refractivity contribution < 1.29 is 19.5 Å². The number of nitrogens with zero attached hydrogens (tertiary/aromatic N) is 1. The van der Waals surface area contributed by atoms with Crippen molar-refractivity contribution in [1.29, 1.82) is 0 Å². The molecule has 1 fully saturated rings. The highest BCUT2D eigenvalue weighted by atomic mass is 32.2.